The van der Waals surface area contributed by atoms with Crippen molar-refractivity contribution in [1.82, 2.24) is 0 Å². The van der Waals surface area contributed by atoms with Gasteiger partial charge in [0.1, 0.15) is 0 Å². The predicted octanol–water partition coefficient (Wildman–Crippen LogP) is 15.8. The molecule has 0 aliphatic rings. The Balaban J connectivity index is 1.16. The van der Waals surface area contributed by atoms with Gasteiger partial charge in [-0.3, -0.25) is 0 Å². The van der Waals surface area contributed by atoms with Crippen molar-refractivity contribution in [3.63, 3.8) is 0 Å². The van der Waals surface area contributed by atoms with Crippen molar-refractivity contribution in [3.8, 4) is 0 Å². The van der Waals surface area contributed by atoms with Gasteiger partial charge in [0.2, 0.25) is 0 Å². The monoisotopic (exact) mass is 810 g/mol. The van der Waals surface area contributed by atoms with E-state index in [4.69, 9.17) is 0 Å². The van der Waals surface area contributed by atoms with Gasteiger partial charge in [0.05, 0.1) is 0 Å². The fourth-order valence-corrected chi connectivity index (χ4v) is 16.9. The average molecular weight is 811 g/mol. The molecule has 0 amide bonds. The summed E-state index contributed by atoms with van der Waals surface area (Å²) in [5.74, 6) is 0. The molecule has 0 aliphatic carbocycles. The molecule has 50 heavy (non-hydrogen) atoms. The summed E-state index contributed by atoms with van der Waals surface area (Å²) in [6, 6.07) is 34.3. The summed E-state index contributed by atoms with van der Waals surface area (Å²) >= 11 is 2.95. The zero-order valence-electron chi connectivity index (χ0n) is 32.5. The fourth-order valence-electron chi connectivity index (χ4n) is 8.13. The van der Waals surface area contributed by atoms with Gasteiger partial charge in [-0.1, -0.05) is 116 Å². The molecule has 0 bridgehead atoms. The summed E-state index contributed by atoms with van der Waals surface area (Å²) in [4.78, 5) is 0. The quantitative estimate of drug-likeness (QED) is 0.0335. The first kappa shape index (κ1) is 43.2. The van der Waals surface area contributed by atoms with Crippen LogP contribution < -0.4 is 15.9 Å². The zero-order valence-corrected chi connectivity index (χ0v) is 35.5. The van der Waals surface area contributed by atoms with Gasteiger partial charge in [-0.2, -0.15) is 0 Å². The number of benzene rings is 3. The minimum atomic E-state index is -2.59. The summed E-state index contributed by atoms with van der Waals surface area (Å²) in [7, 11) is 0. The van der Waals surface area contributed by atoms with E-state index in [2.05, 4.69) is 120 Å². The first-order valence-electron chi connectivity index (χ1n) is 21.6. The third-order valence-corrected chi connectivity index (χ3v) is 23.1. The molecule has 0 heterocycles. The van der Waals surface area contributed by atoms with Crippen LogP contribution in [0.5, 0.6) is 0 Å². The summed E-state index contributed by atoms with van der Waals surface area (Å²) in [6.07, 6.45) is 41.7. The molecule has 0 N–H and O–H groups in total. The Morgan fingerprint density at radius 2 is 0.500 bits per heavy atom. The summed E-state index contributed by atoms with van der Waals surface area (Å²) in [5.41, 5.74) is 0. The molecule has 0 saturated carbocycles. The number of hydrogen-bond acceptors (Lipinski definition) is 0. The fraction of sp³-hybridized carbons (Fsp3) is 0.625. The van der Waals surface area contributed by atoms with E-state index in [-0.39, 0.29) is 0 Å². The normalized spacial score (nSPS) is 12.6. The number of halogens is 1. The van der Waals surface area contributed by atoms with E-state index in [0.717, 1.165) is 0 Å². The summed E-state index contributed by atoms with van der Waals surface area (Å²) in [5, 5.41) is 4.55. The summed E-state index contributed by atoms with van der Waals surface area (Å²) in [6.45, 7) is 2.31. The maximum atomic E-state index is 2.95. The molecule has 0 fully saturated rings. The van der Waals surface area contributed by atoms with E-state index < -0.39 is 4.25 Å². The summed E-state index contributed by atoms with van der Waals surface area (Å²) < 4.78 is -2.59. The molecule has 0 saturated heterocycles. The molecule has 0 nitrogen and oxygen atoms in total. The van der Waals surface area contributed by atoms with Crippen LogP contribution in [-0.4, -0.2) is 6.16 Å². The Labute approximate surface area is 324 Å². The Morgan fingerprint density at radius 1 is 0.300 bits per heavy atom. The van der Waals surface area contributed by atoms with Crippen molar-refractivity contribution in [2.24, 2.45) is 0 Å². The van der Waals surface area contributed by atoms with Crippen LogP contribution in [0.15, 0.2) is 91.0 Å². The van der Waals surface area contributed by atoms with Crippen LogP contribution in [0, 0.1) is 0 Å². The van der Waals surface area contributed by atoms with Crippen LogP contribution in [0.2, 0.25) is 0 Å². The van der Waals surface area contributed by atoms with Crippen LogP contribution in [0.1, 0.15) is 187 Å². The molecule has 3 aromatic carbocycles. The second-order valence-corrected chi connectivity index (χ2v) is 26.2. The van der Waals surface area contributed by atoms with Crippen molar-refractivity contribution in [1.29, 1.82) is 0 Å². The third-order valence-electron chi connectivity index (χ3n) is 11.3. The second kappa shape index (κ2) is 27.4. The Hall–Kier alpha value is -1.18. The molecule has 0 aliphatic heterocycles. The van der Waals surface area contributed by atoms with Crippen molar-refractivity contribution >= 4 is 42.2 Å². The predicted molar refractivity (Wildman–Crippen MR) is 239 cm³/mol. The number of unbranched alkanes of at least 4 members (excludes halogenated alkanes) is 27. The van der Waals surface area contributed by atoms with E-state index in [0.29, 0.717) is 0 Å². The van der Waals surface area contributed by atoms with Gasteiger partial charge in [-0.25, -0.2) is 0 Å². The van der Waals surface area contributed by atoms with Crippen molar-refractivity contribution in [2.45, 2.75) is 187 Å². The SMILES string of the molecule is CCCCCCCCCCCCCCCCCCCCCCCCCCCCCCP(I)(c1ccccc1)(c1ccccc1)c1ccccc1. The maximum absolute atomic E-state index is 2.95. The van der Waals surface area contributed by atoms with Gasteiger partial charge >= 0.3 is 210 Å². The third kappa shape index (κ3) is 15.8. The Morgan fingerprint density at radius 3 is 0.720 bits per heavy atom. The standard InChI is InChI=1S/C48H76IP/c1-2-3-4-5-6-7-8-9-10-11-12-13-14-15-16-17-18-19-20-21-22-23-24-25-26-27-28-38-45-50(49,46-39-32-29-33-40-46,47-41-34-30-35-42-47)48-43-36-31-37-44-48/h29-37,39-44H,2-28,38,45H2,1H3. The van der Waals surface area contributed by atoms with Crippen LogP contribution in [0.4, 0.5) is 0 Å². The van der Waals surface area contributed by atoms with E-state index >= 15 is 0 Å². The first-order valence-corrected chi connectivity index (χ1v) is 26.8. The van der Waals surface area contributed by atoms with Gasteiger partial charge in [0, 0.05) is 0 Å². The molecule has 3 aromatic rings. The van der Waals surface area contributed by atoms with E-state index in [1.807, 2.05) is 0 Å². The van der Waals surface area contributed by atoms with Gasteiger partial charge in [-0.05, 0) is 0 Å². The number of hydrogen-bond donors (Lipinski definition) is 0. The van der Waals surface area contributed by atoms with Gasteiger partial charge in [0.25, 0.3) is 0 Å². The molecule has 280 valence electrons. The van der Waals surface area contributed by atoms with Crippen LogP contribution in [0.3, 0.4) is 0 Å². The number of rotatable bonds is 32. The van der Waals surface area contributed by atoms with Crippen LogP contribution in [-0.2, 0) is 0 Å². The van der Waals surface area contributed by atoms with Crippen LogP contribution in [0.25, 0.3) is 0 Å². The molecule has 3 rings (SSSR count). The van der Waals surface area contributed by atoms with Gasteiger partial charge < -0.3 is 0 Å². The minimum absolute atomic E-state index is 1.24. The van der Waals surface area contributed by atoms with E-state index in [9.17, 15) is 0 Å². The van der Waals surface area contributed by atoms with Crippen LogP contribution >= 0.6 is 26.3 Å². The molecule has 0 radical (unpaired) electrons. The zero-order chi connectivity index (χ0) is 35.3. The molecule has 2 heteroatoms. The topological polar surface area (TPSA) is 0 Å². The van der Waals surface area contributed by atoms with Crippen molar-refractivity contribution < 1.29 is 0 Å². The second-order valence-electron chi connectivity index (χ2n) is 15.5. The van der Waals surface area contributed by atoms with E-state index in [1.54, 1.807) is 0 Å². The van der Waals surface area contributed by atoms with Gasteiger partial charge in [-0.15, -0.1) is 0 Å². The molecule has 0 unspecified atom stereocenters. The molecular weight excluding hydrogens is 734 g/mol. The molecule has 0 atom stereocenters. The van der Waals surface area contributed by atoms with E-state index in [1.165, 1.54) is 202 Å². The van der Waals surface area contributed by atoms with Crippen molar-refractivity contribution in [3.05, 3.63) is 91.0 Å². The average Bonchev–Trinajstić information content (AvgIpc) is 3.17. The molecule has 0 spiro atoms. The molecule has 0 aromatic heterocycles. The Bertz CT molecular complexity index is 1080. The Kier molecular flexibility index (Phi) is 23.7. The first-order chi connectivity index (χ1) is 24.7. The molecular formula is C48H76IP. The van der Waals surface area contributed by atoms with Gasteiger partial charge in [0.15, 0.2) is 0 Å². The van der Waals surface area contributed by atoms with Crippen molar-refractivity contribution in [2.75, 3.05) is 6.16 Å².